The first-order chi connectivity index (χ1) is 5.75. The van der Waals surface area contributed by atoms with Crippen molar-refractivity contribution in [1.29, 1.82) is 0 Å². The highest BCUT2D eigenvalue weighted by molar-refractivity contribution is 5.99. The molecule has 1 aromatic carbocycles. The van der Waals surface area contributed by atoms with E-state index in [2.05, 4.69) is 6.92 Å². The minimum atomic E-state index is -0.465. The van der Waals surface area contributed by atoms with Crippen LogP contribution in [0.15, 0.2) is 30.3 Å². The van der Waals surface area contributed by atoms with Crippen molar-refractivity contribution in [2.45, 2.75) is 12.5 Å². The lowest BCUT2D eigenvalue weighted by molar-refractivity contribution is 0.0962. The summed E-state index contributed by atoms with van der Waals surface area (Å²) >= 11 is 0. The lowest BCUT2D eigenvalue weighted by Crippen LogP contribution is -2.29. The zero-order valence-electron chi connectivity index (χ0n) is 6.86. The van der Waals surface area contributed by atoms with Gasteiger partial charge in [-0.3, -0.25) is 4.79 Å². The maximum absolute atomic E-state index is 11.4. The predicted octanol–water partition coefficient (Wildman–Crippen LogP) is 1.42. The predicted molar refractivity (Wildman–Crippen MR) is 48.7 cm³/mol. The van der Waals surface area contributed by atoms with E-state index in [0.717, 1.165) is 0 Å². The Kier molecular flexibility index (Phi) is 3.00. The van der Waals surface area contributed by atoms with Crippen LogP contribution in [0.5, 0.6) is 0 Å². The number of Topliss-reactive ketones (excluding diaryl/α,β-unsaturated/α-hetero) is 1. The standard InChI is InChI=1S/C10H12NO/c1-2-9(11)10(12)8-6-4-3-5-7-8/h3-7,9H,1-2,11H2. The SMILES string of the molecule is [CH2]CC(N)C(=O)c1ccccc1. The minimum Gasteiger partial charge on any atom is -0.321 e. The van der Waals surface area contributed by atoms with Crippen LogP contribution in [0.3, 0.4) is 0 Å². The Morgan fingerprint density at radius 2 is 2.00 bits per heavy atom. The third-order valence-electron chi connectivity index (χ3n) is 1.71. The number of hydrogen-bond acceptors (Lipinski definition) is 2. The van der Waals surface area contributed by atoms with E-state index >= 15 is 0 Å². The van der Waals surface area contributed by atoms with Gasteiger partial charge >= 0.3 is 0 Å². The molecule has 1 aromatic rings. The third kappa shape index (κ3) is 1.92. The van der Waals surface area contributed by atoms with Crippen molar-refractivity contribution in [3.8, 4) is 0 Å². The van der Waals surface area contributed by atoms with Gasteiger partial charge in [0.1, 0.15) is 0 Å². The van der Waals surface area contributed by atoms with Crippen molar-refractivity contribution in [2.24, 2.45) is 5.73 Å². The largest absolute Gasteiger partial charge is 0.321 e. The van der Waals surface area contributed by atoms with Crippen LogP contribution in [0.2, 0.25) is 0 Å². The Bertz CT molecular complexity index is 256. The van der Waals surface area contributed by atoms with Gasteiger partial charge in [-0.2, -0.15) is 0 Å². The third-order valence-corrected chi connectivity index (χ3v) is 1.71. The molecule has 0 fully saturated rings. The molecule has 0 amide bonds. The van der Waals surface area contributed by atoms with E-state index < -0.39 is 6.04 Å². The summed E-state index contributed by atoms with van der Waals surface area (Å²) in [4.78, 5) is 11.4. The number of benzene rings is 1. The fraction of sp³-hybridized carbons (Fsp3) is 0.200. The molecular formula is C10H12NO. The molecule has 63 valence electrons. The van der Waals surface area contributed by atoms with Crippen LogP contribution >= 0.6 is 0 Å². The quantitative estimate of drug-likeness (QED) is 0.683. The van der Waals surface area contributed by atoms with Crippen LogP contribution in [-0.2, 0) is 0 Å². The van der Waals surface area contributed by atoms with Crippen LogP contribution in [0.4, 0.5) is 0 Å². The first kappa shape index (κ1) is 8.94. The Balaban J connectivity index is 2.79. The van der Waals surface area contributed by atoms with E-state index in [9.17, 15) is 4.79 Å². The molecule has 2 heteroatoms. The van der Waals surface area contributed by atoms with E-state index in [1.807, 2.05) is 18.2 Å². The lowest BCUT2D eigenvalue weighted by Gasteiger charge is -2.06. The van der Waals surface area contributed by atoms with Crippen molar-refractivity contribution in [3.05, 3.63) is 42.8 Å². The van der Waals surface area contributed by atoms with E-state index in [1.54, 1.807) is 12.1 Å². The summed E-state index contributed by atoms with van der Waals surface area (Å²) in [6.45, 7) is 3.59. The van der Waals surface area contributed by atoms with E-state index in [1.165, 1.54) is 0 Å². The first-order valence-corrected chi connectivity index (χ1v) is 3.90. The molecule has 1 radical (unpaired) electrons. The van der Waals surface area contributed by atoms with Crippen molar-refractivity contribution < 1.29 is 4.79 Å². The average Bonchev–Trinajstić information content (AvgIpc) is 2.17. The molecule has 0 aliphatic carbocycles. The molecule has 1 unspecified atom stereocenters. The van der Waals surface area contributed by atoms with Crippen molar-refractivity contribution in [3.63, 3.8) is 0 Å². The van der Waals surface area contributed by atoms with Gasteiger partial charge in [0.05, 0.1) is 6.04 Å². The molecule has 0 aromatic heterocycles. The zero-order valence-corrected chi connectivity index (χ0v) is 6.86. The summed E-state index contributed by atoms with van der Waals surface area (Å²) in [5, 5.41) is 0. The van der Waals surface area contributed by atoms with Crippen LogP contribution in [0.1, 0.15) is 16.8 Å². The highest BCUT2D eigenvalue weighted by atomic mass is 16.1. The number of carbonyl (C=O) groups excluding carboxylic acids is 1. The normalized spacial score (nSPS) is 12.5. The van der Waals surface area contributed by atoms with Gasteiger partial charge in [-0.1, -0.05) is 37.3 Å². The number of rotatable bonds is 3. The number of carbonyl (C=O) groups is 1. The second-order valence-corrected chi connectivity index (χ2v) is 2.63. The van der Waals surface area contributed by atoms with Gasteiger partial charge in [0, 0.05) is 5.56 Å². The van der Waals surface area contributed by atoms with Gasteiger partial charge in [-0.05, 0) is 6.42 Å². The second-order valence-electron chi connectivity index (χ2n) is 2.63. The van der Waals surface area contributed by atoms with Gasteiger partial charge in [-0.15, -0.1) is 0 Å². The van der Waals surface area contributed by atoms with E-state index in [4.69, 9.17) is 5.73 Å². The molecule has 12 heavy (non-hydrogen) atoms. The zero-order chi connectivity index (χ0) is 8.97. The molecule has 0 aliphatic heterocycles. The molecule has 0 saturated carbocycles. The molecule has 0 bridgehead atoms. The fourth-order valence-electron chi connectivity index (χ4n) is 0.948. The minimum absolute atomic E-state index is 0.0365. The van der Waals surface area contributed by atoms with E-state index in [0.29, 0.717) is 12.0 Å². The van der Waals surface area contributed by atoms with Crippen LogP contribution in [0, 0.1) is 6.92 Å². The highest BCUT2D eigenvalue weighted by Crippen LogP contribution is 2.03. The smallest absolute Gasteiger partial charge is 0.179 e. The highest BCUT2D eigenvalue weighted by Gasteiger charge is 2.12. The molecule has 1 atom stereocenters. The fourth-order valence-corrected chi connectivity index (χ4v) is 0.948. The summed E-state index contributed by atoms with van der Waals surface area (Å²) < 4.78 is 0. The maximum atomic E-state index is 11.4. The number of hydrogen-bond donors (Lipinski definition) is 1. The molecule has 0 heterocycles. The summed E-state index contributed by atoms with van der Waals surface area (Å²) in [6, 6.07) is 8.57. The first-order valence-electron chi connectivity index (χ1n) is 3.90. The van der Waals surface area contributed by atoms with Gasteiger partial charge in [0.15, 0.2) is 5.78 Å². The Morgan fingerprint density at radius 1 is 1.42 bits per heavy atom. The van der Waals surface area contributed by atoms with Crippen LogP contribution in [0.25, 0.3) is 0 Å². The number of ketones is 1. The Morgan fingerprint density at radius 3 is 2.50 bits per heavy atom. The van der Waals surface area contributed by atoms with Gasteiger partial charge in [0.2, 0.25) is 0 Å². The van der Waals surface area contributed by atoms with E-state index in [-0.39, 0.29) is 5.78 Å². The summed E-state index contributed by atoms with van der Waals surface area (Å²) in [7, 11) is 0. The van der Waals surface area contributed by atoms with Crippen LogP contribution < -0.4 is 5.73 Å². The summed E-state index contributed by atoms with van der Waals surface area (Å²) in [6.07, 6.45) is 0.438. The topological polar surface area (TPSA) is 43.1 Å². The van der Waals surface area contributed by atoms with Gasteiger partial charge in [-0.25, -0.2) is 0 Å². The van der Waals surface area contributed by atoms with Crippen molar-refractivity contribution >= 4 is 5.78 Å². The van der Waals surface area contributed by atoms with Crippen LogP contribution in [-0.4, -0.2) is 11.8 Å². The molecule has 0 aliphatic rings. The lowest BCUT2D eigenvalue weighted by atomic mass is 10.0. The molecule has 1 rings (SSSR count). The summed E-state index contributed by atoms with van der Waals surface area (Å²) in [5.74, 6) is -0.0365. The van der Waals surface area contributed by atoms with Gasteiger partial charge in [0.25, 0.3) is 0 Å². The maximum Gasteiger partial charge on any atom is 0.179 e. The second kappa shape index (κ2) is 4.02. The van der Waals surface area contributed by atoms with Gasteiger partial charge < -0.3 is 5.73 Å². The number of nitrogens with two attached hydrogens (primary N) is 1. The van der Waals surface area contributed by atoms with Crippen molar-refractivity contribution in [2.75, 3.05) is 0 Å². The Hall–Kier alpha value is -1.15. The summed E-state index contributed by atoms with van der Waals surface area (Å²) in [5.41, 5.74) is 6.20. The van der Waals surface area contributed by atoms with Crippen molar-refractivity contribution in [1.82, 2.24) is 0 Å². The Labute approximate surface area is 72.4 Å². The molecule has 2 nitrogen and oxygen atoms in total. The average molecular weight is 162 g/mol. The molecular weight excluding hydrogens is 150 g/mol. The molecule has 0 saturated heterocycles. The monoisotopic (exact) mass is 162 g/mol. The molecule has 2 N–H and O–H groups in total. The molecule has 0 spiro atoms.